The zero-order valence-electron chi connectivity index (χ0n) is 11.7. The zero-order chi connectivity index (χ0) is 14.8. The summed E-state index contributed by atoms with van der Waals surface area (Å²) >= 11 is 0. The first-order valence-corrected chi connectivity index (χ1v) is 6.28. The van der Waals surface area contributed by atoms with Gasteiger partial charge < -0.3 is 10.2 Å². The molecule has 0 bridgehead atoms. The van der Waals surface area contributed by atoms with Crippen LogP contribution in [0.2, 0.25) is 0 Å². The van der Waals surface area contributed by atoms with Gasteiger partial charge in [0.1, 0.15) is 0 Å². The molecule has 0 spiro atoms. The van der Waals surface area contributed by atoms with E-state index in [1.165, 1.54) is 24.3 Å². The normalized spacial score (nSPS) is 15.3. The van der Waals surface area contributed by atoms with E-state index in [-0.39, 0.29) is 11.6 Å². The van der Waals surface area contributed by atoms with Crippen molar-refractivity contribution in [3.63, 3.8) is 0 Å². The summed E-state index contributed by atoms with van der Waals surface area (Å²) in [6.45, 7) is 7.33. The highest BCUT2D eigenvalue weighted by Crippen LogP contribution is 2.39. The van der Waals surface area contributed by atoms with Gasteiger partial charge in [-0.15, -0.1) is 0 Å². The fraction of sp³-hybridized carbons (Fsp3) is 0.571. The SMILES string of the molecule is CC(C)C(O)C(C)(C)C(O)c1ccc([N+](=O)[O-])cc1. The van der Waals surface area contributed by atoms with E-state index in [9.17, 15) is 20.3 Å². The zero-order valence-corrected chi connectivity index (χ0v) is 11.7. The second kappa shape index (κ2) is 5.67. The molecule has 1 aromatic rings. The monoisotopic (exact) mass is 267 g/mol. The number of nitro benzene ring substituents is 1. The van der Waals surface area contributed by atoms with Gasteiger partial charge in [-0.1, -0.05) is 27.7 Å². The van der Waals surface area contributed by atoms with Crippen LogP contribution in [0, 0.1) is 21.4 Å². The third kappa shape index (κ3) is 3.30. The van der Waals surface area contributed by atoms with Gasteiger partial charge in [0.15, 0.2) is 0 Å². The van der Waals surface area contributed by atoms with Crippen molar-refractivity contribution in [3.8, 4) is 0 Å². The van der Waals surface area contributed by atoms with Gasteiger partial charge in [0.2, 0.25) is 0 Å². The number of hydrogen-bond acceptors (Lipinski definition) is 4. The first-order valence-electron chi connectivity index (χ1n) is 6.28. The number of benzene rings is 1. The van der Waals surface area contributed by atoms with E-state index >= 15 is 0 Å². The van der Waals surface area contributed by atoms with E-state index < -0.39 is 22.5 Å². The van der Waals surface area contributed by atoms with Crippen LogP contribution >= 0.6 is 0 Å². The summed E-state index contributed by atoms with van der Waals surface area (Å²) in [5.41, 5.74) is -0.182. The van der Waals surface area contributed by atoms with Gasteiger partial charge in [0.05, 0.1) is 17.1 Å². The molecule has 0 heterocycles. The summed E-state index contributed by atoms with van der Waals surface area (Å²) in [7, 11) is 0. The molecule has 0 fully saturated rings. The Hall–Kier alpha value is -1.46. The minimum Gasteiger partial charge on any atom is -0.392 e. The minimum absolute atomic E-state index is 0.0156. The fourth-order valence-corrected chi connectivity index (χ4v) is 2.23. The van der Waals surface area contributed by atoms with Crippen LogP contribution in [-0.2, 0) is 0 Å². The number of nitro groups is 1. The number of rotatable bonds is 5. The van der Waals surface area contributed by atoms with Gasteiger partial charge in [-0.2, -0.15) is 0 Å². The van der Waals surface area contributed by atoms with E-state index in [2.05, 4.69) is 0 Å². The molecule has 0 aliphatic rings. The molecule has 0 saturated carbocycles. The highest BCUT2D eigenvalue weighted by Gasteiger charge is 2.37. The standard InChI is InChI=1S/C14H21NO4/c1-9(2)12(16)14(3,4)13(17)10-5-7-11(8-6-10)15(18)19/h5-9,12-13,16-17H,1-4H3. The van der Waals surface area contributed by atoms with E-state index in [0.717, 1.165) is 0 Å². The predicted molar refractivity (Wildman–Crippen MR) is 72.7 cm³/mol. The van der Waals surface area contributed by atoms with Gasteiger partial charge in [0.25, 0.3) is 5.69 Å². The lowest BCUT2D eigenvalue weighted by Gasteiger charge is -2.37. The summed E-state index contributed by atoms with van der Waals surface area (Å²) in [6, 6.07) is 5.77. The molecule has 5 heteroatoms. The van der Waals surface area contributed by atoms with Crippen LogP contribution in [-0.4, -0.2) is 21.2 Å². The fourth-order valence-electron chi connectivity index (χ4n) is 2.23. The highest BCUT2D eigenvalue weighted by atomic mass is 16.6. The van der Waals surface area contributed by atoms with E-state index in [4.69, 9.17) is 0 Å². The lowest BCUT2D eigenvalue weighted by atomic mass is 9.74. The van der Waals surface area contributed by atoms with Gasteiger partial charge >= 0.3 is 0 Å². The Morgan fingerprint density at radius 3 is 2.00 bits per heavy atom. The lowest BCUT2D eigenvalue weighted by Crippen LogP contribution is -2.38. The Morgan fingerprint density at radius 1 is 1.16 bits per heavy atom. The second-order valence-electron chi connectivity index (χ2n) is 5.76. The Balaban J connectivity index is 2.99. The summed E-state index contributed by atoms with van der Waals surface area (Å²) in [6.07, 6.45) is -1.55. The minimum atomic E-state index is -0.884. The van der Waals surface area contributed by atoms with Crippen molar-refractivity contribution < 1.29 is 15.1 Å². The molecule has 5 nitrogen and oxygen atoms in total. The number of non-ortho nitro benzene ring substituents is 1. The van der Waals surface area contributed by atoms with E-state index in [0.29, 0.717) is 5.56 Å². The van der Waals surface area contributed by atoms with Crippen LogP contribution in [0.25, 0.3) is 0 Å². The summed E-state index contributed by atoms with van der Waals surface area (Å²) < 4.78 is 0. The molecular formula is C14H21NO4. The summed E-state index contributed by atoms with van der Waals surface area (Å²) in [5, 5.41) is 31.1. The van der Waals surface area contributed by atoms with Gasteiger partial charge in [0, 0.05) is 17.5 Å². The molecule has 0 aromatic heterocycles. The van der Waals surface area contributed by atoms with Crippen LogP contribution in [0.15, 0.2) is 24.3 Å². The van der Waals surface area contributed by atoms with Crippen molar-refractivity contribution in [1.82, 2.24) is 0 Å². The third-order valence-corrected chi connectivity index (χ3v) is 3.52. The Kier molecular flexibility index (Phi) is 4.66. The van der Waals surface area contributed by atoms with Crippen molar-refractivity contribution in [2.24, 2.45) is 11.3 Å². The van der Waals surface area contributed by atoms with Crippen molar-refractivity contribution in [2.75, 3.05) is 0 Å². The van der Waals surface area contributed by atoms with Crippen LogP contribution in [0.4, 0.5) is 5.69 Å². The lowest BCUT2D eigenvalue weighted by molar-refractivity contribution is -0.384. The van der Waals surface area contributed by atoms with E-state index in [1.54, 1.807) is 13.8 Å². The number of aliphatic hydroxyl groups is 2. The van der Waals surface area contributed by atoms with Gasteiger partial charge in [-0.05, 0) is 23.6 Å². The van der Waals surface area contributed by atoms with Crippen molar-refractivity contribution >= 4 is 5.69 Å². The average Bonchev–Trinajstić information content (AvgIpc) is 2.36. The van der Waals surface area contributed by atoms with Crippen LogP contribution in [0.5, 0.6) is 0 Å². The molecule has 2 N–H and O–H groups in total. The van der Waals surface area contributed by atoms with Crippen molar-refractivity contribution in [3.05, 3.63) is 39.9 Å². The molecule has 106 valence electrons. The van der Waals surface area contributed by atoms with Gasteiger partial charge in [-0.25, -0.2) is 0 Å². The summed E-state index contributed by atoms with van der Waals surface area (Å²) in [5.74, 6) is 0.0164. The maximum Gasteiger partial charge on any atom is 0.269 e. The smallest absolute Gasteiger partial charge is 0.269 e. The van der Waals surface area contributed by atoms with Crippen LogP contribution < -0.4 is 0 Å². The molecule has 19 heavy (non-hydrogen) atoms. The Labute approximate surface area is 113 Å². The van der Waals surface area contributed by atoms with Crippen molar-refractivity contribution in [1.29, 1.82) is 0 Å². The quantitative estimate of drug-likeness (QED) is 0.634. The van der Waals surface area contributed by atoms with Crippen LogP contribution in [0.3, 0.4) is 0 Å². The largest absolute Gasteiger partial charge is 0.392 e. The molecule has 0 aliphatic carbocycles. The Bertz CT molecular complexity index is 439. The number of aliphatic hydroxyl groups excluding tert-OH is 2. The average molecular weight is 267 g/mol. The van der Waals surface area contributed by atoms with Gasteiger partial charge in [-0.3, -0.25) is 10.1 Å². The maximum absolute atomic E-state index is 10.6. The molecule has 0 aliphatic heterocycles. The highest BCUT2D eigenvalue weighted by molar-refractivity contribution is 5.34. The van der Waals surface area contributed by atoms with Crippen LogP contribution in [0.1, 0.15) is 39.4 Å². The molecule has 0 saturated heterocycles. The topological polar surface area (TPSA) is 83.6 Å². The molecule has 0 radical (unpaired) electrons. The molecule has 1 rings (SSSR count). The molecular weight excluding hydrogens is 246 g/mol. The first-order chi connectivity index (χ1) is 8.67. The molecule has 1 aromatic carbocycles. The summed E-state index contributed by atoms with van der Waals surface area (Å²) in [4.78, 5) is 10.1. The third-order valence-electron chi connectivity index (χ3n) is 3.52. The van der Waals surface area contributed by atoms with Crippen molar-refractivity contribution in [2.45, 2.75) is 39.9 Å². The maximum atomic E-state index is 10.6. The first kappa shape index (κ1) is 15.6. The predicted octanol–water partition coefficient (Wildman–Crippen LogP) is 2.67. The molecule has 2 unspecified atom stereocenters. The van der Waals surface area contributed by atoms with E-state index in [1.807, 2.05) is 13.8 Å². The molecule has 0 amide bonds. The Morgan fingerprint density at radius 2 is 1.63 bits per heavy atom. The number of hydrogen-bond donors (Lipinski definition) is 2. The second-order valence-corrected chi connectivity index (χ2v) is 5.76. The molecule has 2 atom stereocenters. The number of nitrogens with zero attached hydrogens (tertiary/aromatic N) is 1.